The van der Waals surface area contributed by atoms with Gasteiger partial charge in [-0.3, -0.25) is 0 Å². The molecule has 0 amide bonds. The van der Waals surface area contributed by atoms with Crippen LogP contribution in [0.3, 0.4) is 0 Å². The van der Waals surface area contributed by atoms with Crippen LogP contribution < -0.4 is 5.73 Å². The van der Waals surface area contributed by atoms with E-state index >= 15 is 0 Å². The number of aromatic nitrogens is 1. The molecule has 3 rings (SSSR count). The lowest BCUT2D eigenvalue weighted by atomic mass is 10.1. The second-order valence-corrected chi connectivity index (χ2v) is 5.89. The van der Waals surface area contributed by atoms with Crippen molar-refractivity contribution in [1.82, 2.24) is 4.98 Å². The van der Waals surface area contributed by atoms with Crippen molar-refractivity contribution in [2.45, 2.75) is 6.42 Å². The number of benzene rings is 2. The summed E-state index contributed by atoms with van der Waals surface area (Å²) in [6.07, 6.45) is 0.712. The third kappa shape index (κ3) is 2.84. The van der Waals surface area contributed by atoms with E-state index < -0.39 is 0 Å². The van der Waals surface area contributed by atoms with E-state index in [4.69, 9.17) is 17.3 Å². The second kappa shape index (κ2) is 5.65. The Bertz CT molecular complexity index is 722. The average molecular weight is 301 g/mol. The number of anilines is 1. The molecule has 0 fully saturated rings. The first-order chi connectivity index (χ1) is 9.72. The number of rotatable bonds is 3. The van der Waals surface area contributed by atoms with Gasteiger partial charge in [0.1, 0.15) is 0 Å². The van der Waals surface area contributed by atoms with Gasteiger partial charge in [-0.05, 0) is 23.8 Å². The maximum atomic E-state index is 6.01. The van der Waals surface area contributed by atoms with E-state index in [0.29, 0.717) is 11.4 Å². The first kappa shape index (κ1) is 13.2. The van der Waals surface area contributed by atoms with Crippen molar-refractivity contribution >= 4 is 28.6 Å². The Hall–Kier alpha value is -1.84. The summed E-state index contributed by atoms with van der Waals surface area (Å²) >= 11 is 7.66. The van der Waals surface area contributed by atoms with E-state index in [1.807, 2.05) is 30.3 Å². The Morgan fingerprint density at radius 2 is 1.90 bits per heavy atom. The van der Waals surface area contributed by atoms with Gasteiger partial charge in [0.25, 0.3) is 0 Å². The van der Waals surface area contributed by atoms with E-state index in [9.17, 15) is 0 Å². The Morgan fingerprint density at radius 1 is 1.10 bits per heavy atom. The van der Waals surface area contributed by atoms with Crippen LogP contribution in [0.4, 0.5) is 5.69 Å². The molecule has 2 aromatic carbocycles. The monoisotopic (exact) mass is 300 g/mol. The third-order valence-corrected chi connectivity index (χ3v) is 4.15. The highest BCUT2D eigenvalue weighted by Crippen LogP contribution is 2.26. The fourth-order valence-corrected chi connectivity index (χ4v) is 3.04. The molecule has 0 radical (unpaired) electrons. The predicted octanol–water partition coefficient (Wildman–Crippen LogP) is 4.64. The summed E-state index contributed by atoms with van der Waals surface area (Å²) < 4.78 is 0. The van der Waals surface area contributed by atoms with Gasteiger partial charge in [0, 0.05) is 28.1 Å². The molecule has 20 heavy (non-hydrogen) atoms. The Kier molecular flexibility index (Phi) is 3.72. The minimum Gasteiger partial charge on any atom is -0.398 e. The topological polar surface area (TPSA) is 38.9 Å². The molecule has 100 valence electrons. The number of hydrogen-bond donors (Lipinski definition) is 1. The Labute approximate surface area is 126 Å². The minimum atomic E-state index is 0.703. The predicted molar refractivity (Wildman–Crippen MR) is 86.2 cm³/mol. The van der Waals surface area contributed by atoms with Gasteiger partial charge in [-0.25, -0.2) is 4.98 Å². The summed E-state index contributed by atoms with van der Waals surface area (Å²) in [5, 5.41) is 3.82. The van der Waals surface area contributed by atoms with E-state index in [0.717, 1.165) is 27.5 Å². The fourth-order valence-electron chi connectivity index (χ4n) is 2.02. The Balaban J connectivity index is 1.86. The number of nitrogens with two attached hydrogens (primary N) is 1. The second-order valence-electron chi connectivity index (χ2n) is 4.51. The van der Waals surface area contributed by atoms with Crippen LogP contribution in [0, 0.1) is 0 Å². The molecule has 0 bridgehead atoms. The van der Waals surface area contributed by atoms with Crippen LogP contribution in [0.25, 0.3) is 11.3 Å². The third-order valence-electron chi connectivity index (χ3n) is 3.07. The molecule has 4 heteroatoms. The van der Waals surface area contributed by atoms with Crippen molar-refractivity contribution in [3.8, 4) is 11.3 Å². The summed E-state index contributed by atoms with van der Waals surface area (Å²) in [6.45, 7) is 0. The minimum absolute atomic E-state index is 0.703. The smallest absolute Gasteiger partial charge is 0.0977 e. The number of nitrogens with zero attached hydrogens (tertiary/aromatic N) is 1. The van der Waals surface area contributed by atoms with Crippen LogP contribution in [0.5, 0.6) is 0 Å². The molecular formula is C16H13ClN2S. The molecule has 0 aliphatic carbocycles. The molecule has 1 aromatic heterocycles. The molecule has 1 heterocycles. The first-order valence-electron chi connectivity index (χ1n) is 6.26. The van der Waals surface area contributed by atoms with Crippen LogP contribution >= 0.6 is 22.9 Å². The molecule has 0 atom stereocenters. The molecule has 0 saturated heterocycles. The number of halogens is 1. The highest BCUT2D eigenvalue weighted by atomic mass is 35.5. The van der Waals surface area contributed by atoms with Crippen molar-refractivity contribution in [2.75, 3.05) is 5.73 Å². The number of nitrogen functional groups attached to an aromatic ring is 1. The summed E-state index contributed by atoms with van der Waals surface area (Å²) in [5.74, 6) is 0. The van der Waals surface area contributed by atoms with Crippen LogP contribution in [0.15, 0.2) is 53.9 Å². The molecule has 0 unspecified atom stereocenters. The standard InChI is InChI=1S/C16H13ClN2S/c17-13-6-7-14(18)12(8-13)9-16-19-15(10-20-16)11-4-2-1-3-5-11/h1-8,10H,9,18H2. The van der Waals surface area contributed by atoms with Crippen LogP contribution in [-0.4, -0.2) is 4.98 Å². The lowest BCUT2D eigenvalue weighted by Gasteiger charge is -2.03. The SMILES string of the molecule is Nc1ccc(Cl)cc1Cc1nc(-c2ccccc2)cs1. The molecule has 2 nitrogen and oxygen atoms in total. The fraction of sp³-hybridized carbons (Fsp3) is 0.0625. The van der Waals surface area contributed by atoms with Gasteiger partial charge in [-0.1, -0.05) is 41.9 Å². The van der Waals surface area contributed by atoms with Gasteiger partial charge < -0.3 is 5.73 Å². The highest BCUT2D eigenvalue weighted by Gasteiger charge is 2.07. The van der Waals surface area contributed by atoms with Gasteiger partial charge in [0.15, 0.2) is 0 Å². The van der Waals surface area contributed by atoms with Gasteiger partial charge in [-0.2, -0.15) is 0 Å². The lowest BCUT2D eigenvalue weighted by Crippen LogP contribution is -1.95. The molecule has 0 spiro atoms. The lowest BCUT2D eigenvalue weighted by molar-refractivity contribution is 1.14. The maximum Gasteiger partial charge on any atom is 0.0977 e. The quantitative estimate of drug-likeness (QED) is 0.716. The van der Waals surface area contributed by atoms with Gasteiger partial charge in [0.2, 0.25) is 0 Å². The maximum absolute atomic E-state index is 6.01. The molecule has 3 aromatic rings. The average Bonchev–Trinajstić information content (AvgIpc) is 2.92. The zero-order chi connectivity index (χ0) is 13.9. The van der Waals surface area contributed by atoms with Crippen LogP contribution in [0.2, 0.25) is 5.02 Å². The highest BCUT2D eigenvalue weighted by molar-refractivity contribution is 7.10. The molecule has 0 aliphatic heterocycles. The summed E-state index contributed by atoms with van der Waals surface area (Å²) in [7, 11) is 0. The molecular weight excluding hydrogens is 288 g/mol. The summed E-state index contributed by atoms with van der Waals surface area (Å²) in [4.78, 5) is 4.67. The van der Waals surface area contributed by atoms with E-state index in [-0.39, 0.29) is 0 Å². The zero-order valence-electron chi connectivity index (χ0n) is 10.7. The summed E-state index contributed by atoms with van der Waals surface area (Å²) in [6, 6.07) is 15.7. The van der Waals surface area contributed by atoms with Crippen molar-refractivity contribution in [2.24, 2.45) is 0 Å². The van der Waals surface area contributed by atoms with Crippen molar-refractivity contribution in [3.63, 3.8) is 0 Å². The molecule has 0 saturated carbocycles. The van der Waals surface area contributed by atoms with E-state index in [1.165, 1.54) is 0 Å². The Morgan fingerprint density at radius 3 is 2.70 bits per heavy atom. The van der Waals surface area contributed by atoms with Gasteiger partial charge in [-0.15, -0.1) is 11.3 Å². The number of thiazole rings is 1. The number of hydrogen-bond acceptors (Lipinski definition) is 3. The van der Waals surface area contributed by atoms with Crippen LogP contribution in [-0.2, 0) is 6.42 Å². The summed E-state index contributed by atoms with van der Waals surface area (Å²) in [5.41, 5.74) is 9.89. The van der Waals surface area contributed by atoms with Gasteiger partial charge >= 0.3 is 0 Å². The zero-order valence-corrected chi connectivity index (χ0v) is 12.3. The van der Waals surface area contributed by atoms with Crippen molar-refractivity contribution in [3.05, 3.63) is 69.5 Å². The largest absolute Gasteiger partial charge is 0.398 e. The molecule has 2 N–H and O–H groups in total. The normalized spacial score (nSPS) is 10.7. The van der Waals surface area contributed by atoms with Crippen molar-refractivity contribution in [1.29, 1.82) is 0 Å². The molecule has 0 aliphatic rings. The first-order valence-corrected chi connectivity index (χ1v) is 7.52. The van der Waals surface area contributed by atoms with Crippen molar-refractivity contribution < 1.29 is 0 Å². The van der Waals surface area contributed by atoms with E-state index in [1.54, 1.807) is 17.4 Å². The van der Waals surface area contributed by atoms with E-state index in [2.05, 4.69) is 22.5 Å². The van der Waals surface area contributed by atoms with Crippen LogP contribution in [0.1, 0.15) is 10.6 Å². The van der Waals surface area contributed by atoms with Gasteiger partial charge in [0.05, 0.1) is 10.7 Å².